The van der Waals surface area contributed by atoms with E-state index < -0.39 is 23.2 Å². The van der Waals surface area contributed by atoms with Crippen molar-refractivity contribution in [3.8, 4) is 17.6 Å². The van der Waals surface area contributed by atoms with E-state index in [9.17, 15) is 23.1 Å². The zero-order valence-corrected chi connectivity index (χ0v) is 10.8. The number of hydrogen-bond acceptors (Lipinski definition) is 3. The Kier molecular flexibility index (Phi) is 3.47. The van der Waals surface area contributed by atoms with Crippen LogP contribution in [0.4, 0.5) is 13.2 Å². The van der Waals surface area contributed by atoms with E-state index in [1.807, 2.05) is 0 Å². The molecule has 1 aromatic carbocycles. The summed E-state index contributed by atoms with van der Waals surface area (Å²) in [6.45, 7) is 1.45. The van der Waals surface area contributed by atoms with Crippen molar-refractivity contribution in [1.82, 2.24) is 4.57 Å². The molecule has 0 aliphatic heterocycles. The maximum absolute atomic E-state index is 12.7. The van der Waals surface area contributed by atoms with Gasteiger partial charge in [0.1, 0.15) is 11.6 Å². The van der Waals surface area contributed by atoms with Crippen molar-refractivity contribution >= 4 is 0 Å². The number of halogens is 3. The summed E-state index contributed by atoms with van der Waals surface area (Å²) in [5.41, 5.74) is -1.74. The van der Waals surface area contributed by atoms with Gasteiger partial charge in [-0.2, -0.15) is 18.4 Å². The highest BCUT2D eigenvalue weighted by Crippen LogP contribution is 2.31. The molecule has 7 heteroatoms. The maximum Gasteiger partial charge on any atom is 0.416 e. The first-order valence-corrected chi connectivity index (χ1v) is 5.79. The molecule has 0 aliphatic carbocycles. The molecule has 2 rings (SSSR count). The third-order valence-electron chi connectivity index (χ3n) is 2.93. The summed E-state index contributed by atoms with van der Waals surface area (Å²) in [5.74, 6) is -0.679. The van der Waals surface area contributed by atoms with Gasteiger partial charge in [0.25, 0.3) is 5.56 Å². The average Bonchev–Trinajstić information content (AvgIpc) is 2.38. The normalized spacial score (nSPS) is 11.2. The fourth-order valence-corrected chi connectivity index (χ4v) is 1.92. The van der Waals surface area contributed by atoms with Gasteiger partial charge in [0.05, 0.1) is 11.3 Å². The number of alkyl halides is 3. The second-order valence-corrected chi connectivity index (χ2v) is 4.36. The summed E-state index contributed by atoms with van der Waals surface area (Å²) in [5, 5.41) is 18.9. The Balaban J connectivity index is 2.75. The highest BCUT2D eigenvalue weighted by molar-refractivity contribution is 5.49. The highest BCUT2D eigenvalue weighted by Gasteiger charge is 2.30. The van der Waals surface area contributed by atoms with Crippen LogP contribution in [0, 0.1) is 18.3 Å². The molecular weight excluding hydrogens is 285 g/mol. The van der Waals surface area contributed by atoms with Gasteiger partial charge < -0.3 is 5.11 Å². The molecular formula is C14H9F3N2O2. The van der Waals surface area contributed by atoms with Crippen molar-refractivity contribution in [2.45, 2.75) is 13.1 Å². The maximum atomic E-state index is 12.7. The Hall–Kier alpha value is -2.75. The highest BCUT2D eigenvalue weighted by atomic mass is 19.4. The van der Waals surface area contributed by atoms with Crippen molar-refractivity contribution in [2.24, 2.45) is 0 Å². The van der Waals surface area contributed by atoms with Crippen LogP contribution < -0.4 is 5.56 Å². The van der Waals surface area contributed by atoms with Gasteiger partial charge in [-0.25, -0.2) is 4.57 Å². The molecule has 1 N–H and O–H groups in total. The second kappa shape index (κ2) is 4.98. The molecule has 0 saturated carbocycles. The van der Waals surface area contributed by atoms with Crippen molar-refractivity contribution in [3.63, 3.8) is 0 Å². The number of aromatic nitrogens is 1. The van der Waals surface area contributed by atoms with Crippen molar-refractivity contribution < 1.29 is 18.3 Å². The minimum atomic E-state index is -4.57. The molecule has 0 bridgehead atoms. The molecule has 1 heterocycles. The number of hydrogen-bond donors (Lipinski definition) is 1. The molecule has 0 radical (unpaired) electrons. The predicted molar refractivity (Wildman–Crippen MR) is 68.2 cm³/mol. The second-order valence-electron chi connectivity index (χ2n) is 4.36. The first-order valence-electron chi connectivity index (χ1n) is 5.79. The summed E-state index contributed by atoms with van der Waals surface area (Å²) >= 11 is 0. The SMILES string of the molecule is Cc1cc(=O)n(-c2cccc(C(F)(F)F)c2)c(O)c1C#N. The number of aryl methyl sites for hydroxylation is 1. The van der Waals surface area contributed by atoms with Crippen molar-refractivity contribution in [1.29, 1.82) is 5.26 Å². The Bertz CT molecular complexity index is 801. The molecule has 0 fully saturated rings. The van der Waals surface area contributed by atoms with Crippen LogP contribution in [-0.2, 0) is 6.18 Å². The number of nitriles is 1. The van der Waals surface area contributed by atoms with Crippen LogP contribution >= 0.6 is 0 Å². The van der Waals surface area contributed by atoms with Gasteiger partial charge in [0.2, 0.25) is 5.88 Å². The monoisotopic (exact) mass is 294 g/mol. The number of rotatable bonds is 1. The van der Waals surface area contributed by atoms with E-state index in [2.05, 4.69) is 0 Å². The molecule has 0 unspecified atom stereocenters. The lowest BCUT2D eigenvalue weighted by Crippen LogP contribution is -2.19. The van der Waals surface area contributed by atoms with Crippen molar-refractivity contribution in [2.75, 3.05) is 0 Å². The van der Waals surface area contributed by atoms with E-state index in [1.165, 1.54) is 13.0 Å². The van der Waals surface area contributed by atoms with Crippen molar-refractivity contribution in [3.05, 3.63) is 57.4 Å². The molecule has 0 spiro atoms. The minimum Gasteiger partial charge on any atom is -0.493 e. The van der Waals surface area contributed by atoms with Gasteiger partial charge in [-0.1, -0.05) is 6.07 Å². The molecule has 0 atom stereocenters. The van der Waals surface area contributed by atoms with Crippen LogP contribution in [0.1, 0.15) is 16.7 Å². The van der Waals surface area contributed by atoms with Gasteiger partial charge in [0, 0.05) is 6.07 Å². The van der Waals surface area contributed by atoms with Crippen LogP contribution in [0.15, 0.2) is 35.1 Å². The molecule has 0 saturated heterocycles. The number of pyridine rings is 1. The summed E-state index contributed by atoms with van der Waals surface area (Å²) in [4.78, 5) is 11.9. The van der Waals surface area contributed by atoms with E-state index in [4.69, 9.17) is 5.26 Å². The van der Waals surface area contributed by atoms with E-state index in [-0.39, 0.29) is 16.8 Å². The van der Waals surface area contributed by atoms with Gasteiger partial charge in [-0.3, -0.25) is 4.79 Å². The number of aromatic hydroxyl groups is 1. The largest absolute Gasteiger partial charge is 0.493 e. The Morgan fingerprint density at radius 3 is 2.52 bits per heavy atom. The molecule has 21 heavy (non-hydrogen) atoms. The minimum absolute atomic E-state index is 0.160. The number of benzene rings is 1. The van der Waals surface area contributed by atoms with Crippen LogP contribution in [0.2, 0.25) is 0 Å². The summed E-state index contributed by atoms with van der Waals surface area (Å²) < 4.78 is 38.7. The van der Waals surface area contributed by atoms with Gasteiger partial charge in [0.15, 0.2) is 0 Å². The Morgan fingerprint density at radius 1 is 1.29 bits per heavy atom. The first-order chi connectivity index (χ1) is 9.75. The molecule has 2 aromatic rings. The van der Waals surface area contributed by atoms with Gasteiger partial charge in [-0.15, -0.1) is 0 Å². The molecule has 0 amide bonds. The Labute approximate surface area is 117 Å². The summed E-state index contributed by atoms with van der Waals surface area (Å²) in [6.07, 6.45) is -4.57. The Morgan fingerprint density at radius 2 is 1.95 bits per heavy atom. The average molecular weight is 294 g/mol. The topological polar surface area (TPSA) is 66.0 Å². The lowest BCUT2D eigenvalue weighted by Gasteiger charge is -2.13. The zero-order valence-electron chi connectivity index (χ0n) is 10.8. The molecule has 108 valence electrons. The van der Waals surface area contributed by atoms with Gasteiger partial charge in [-0.05, 0) is 30.7 Å². The fraction of sp³-hybridized carbons (Fsp3) is 0.143. The van der Waals surface area contributed by atoms with E-state index in [0.717, 1.165) is 24.3 Å². The molecule has 1 aromatic heterocycles. The standard InChI is InChI=1S/C14H9F3N2O2/c1-8-5-12(20)19(13(21)11(8)7-18)10-4-2-3-9(6-10)14(15,16)17/h2-6,21H,1H3. The van der Waals surface area contributed by atoms with Crippen LogP contribution in [0.5, 0.6) is 5.88 Å². The zero-order chi connectivity index (χ0) is 15.8. The lowest BCUT2D eigenvalue weighted by molar-refractivity contribution is -0.137. The quantitative estimate of drug-likeness (QED) is 0.879. The summed E-state index contributed by atoms with van der Waals surface area (Å²) in [7, 11) is 0. The first kappa shape index (κ1) is 14.7. The van der Waals surface area contributed by atoms with E-state index >= 15 is 0 Å². The van der Waals surface area contributed by atoms with Crippen LogP contribution in [0.3, 0.4) is 0 Å². The number of nitrogens with zero attached hydrogens (tertiary/aromatic N) is 2. The van der Waals surface area contributed by atoms with Crippen LogP contribution in [-0.4, -0.2) is 9.67 Å². The molecule has 4 nitrogen and oxygen atoms in total. The van der Waals surface area contributed by atoms with Gasteiger partial charge >= 0.3 is 6.18 Å². The third-order valence-corrected chi connectivity index (χ3v) is 2.93. The smallest absolute Gasteiger partial charge is 0.416 e. The predicted octanol–water partition coefficient (Wildman–Crippen LogP) is 2.74. The summed E-state index contributed by atoms with van der Waals surface area (Å²) in [6, 6.07) is 6.75. The van der Waals surface area contributed by atoms with E-state index in [1.54, 1.807) is 6.07 Å². The molecule has 0 aliphatic rings. The fourth-order valence-electron chi connectivity index (χ4n) is 1.92. The lowest BCUT2D eigenvalue weighted by atomic mass is 10.1. The van der Waals surface area contributed by atoms with Crippen LogP contribution in [0.25, 0.3) is 5.69 Å². The third kappa shape index (κ3) is 2.60. The van der Waals surface area contributed by atoms with E-state index in [0.29, 0.717) is 4.57 Å².